The summed E-state index contributed by atoms with van der Waals surface area (Å²) in [5, 5.41) is 2.79. The molecule has 0 aliphatic heterocycles. The van der Waals surface area contributed by atoms with E-state index in [1.165, 1.54) is 51.4 Å². The van der Waals surface area contributed by atoms with Gasteiger partial charge in [0.25, 0.3) is 0 Å². The zero-order chi connectivity index (χ0) is 23.2. The predicted molar refractivity (Wildman–Crippen MR) is 138 cm³/mol. The molecule has 0 radical (unpaired) electrons. The van der Waals surface area contributed by atoms with E-state index >= 15 is 0 Å². The maximum atomic E-state index is 12.4. The molecule has 0 unspecified atom stereocenters. The van der Waals surface area contributed by atoms with E-state index in [9.17, 15) is 14.4 Å². The minimum absolute atomic E-state index is 0. The number of unbranched alkanes of at least 4 members (excludes halogenated alkanes) is 12. The van der Waals surface area contributed by atoms with Gasteiger partial charge in [-0.25, -0.2) is 4.79 Å². The van der Waals surface area contributed by atoms with Crippen LogP contribution in [0, 0.1) is 0 Å². The standard InChI is InChI=1S/C25H47NO4S.Na.H/c1-4-6-8-10-12-14-16-18-23(27)26-22(20-21-31-3)25(29)30-24(28)19-17-15-13-11-9-7-5-2;;/h22H,4-21H2,1-3H3,(H,26,27);;/t22-;;/m0../s1. The molecule has 1 N–H and O–H groups in total. The molecule has 0 rings (SSSR count). The SMILES string of the molecule is CCCCCCCCCC(=O)N[C@@H](CCSC)C(=O)OC(=O)CCCCCCCCC.[NaH]. The van der Waals surface area contributed by atoms with Crippen LogP contribution in [0.25, 0.3) is 0 Å². The zero-order valence-electron chi connectivity index (χ0n) is 20.3. The number of rotatable bonds is 21. The summed E-state index contributed by atoms with van der Waals surface area (Å²) < 4.78 is 5.03. The van der Waals surface area contributed by atoms with Crippen LogP contribution in [-0.4, -0.2) is 65.5 Å². The molecule has 5 nitrogen and oxygen atoms in total. The number of hydrogen-bond donors (Lipinski definition) is 1. The maximum absolute atomic E-state index is 12.4. The summed E-state index contributed by atoms with van der Waals surface area (Å²) in [5.41, 5.74) is 0. The number of carbonyl (C=O) groups excluding carboxylic acids is 3. The molecular weight excluding hydrogens is 433 g/mol. The van der Waals surface area contributed by atoms with E-state index < -0.39 is 18.0 Å². The molecule has 0 aliphatic carbocycles. The Morgan fingerprint density at radius 1 is 0.750 bits per heavy atom. The van der Waals surface area contributed by atoms with Crippen molar-refractivity contribution in [2.75, 3.05) is 12.0 Å². The second kappa shape index (κ2) is 25.6. The Bertz CT molecular complexity index is 477. The van der Waals surface area contributed by atoms with Crippen LogP contribution in [0.1, 0.15) is 123 Å². The summed E-state index contributed by atoms with van der Waals surface area (Å²) in [6, 6.07) is -0.734. The summed E-state index contributed by atoms with van der Waals surface area (Å²) in [4.78, 5) is 36.7. The topological polar surface area (TPSA) is 72.5 Å². The van der Waals surface area contributed by atoms with Crippen molar-refractivity contribution in [3.63, 3.8) is 0 Å². The molecule has 32 heavy (non-hydrogen) atoms. The van der Waals surface area contributed by atoms with Crippen LogP contribution in [0.5, 0.6) is 0 Å². The fourth-order valence-electron chi connectivity index (χ4n) is 3.45. The van der Waals surface area contributed by atoms with Crippen molar-refractivity contribution < 1.29 is 19.1 Å². The fraction of sp³-hybridized carbons (Fsp3) is 0.880. The average molecular weight is 482 g/mol. The van der Waals surface area contributed by atoms with Gasteiger partial charge < -0.3 is 10.1 Å². The second-order valence-electron chi connectivity index (χ2n) is 8.44. The van der Waals surface area contributed by atoms with Crippen LogP contribution < -0.4 is 5.32 Å². The molecule has 0 fully saturated rings. The van der Waals surface area contributed by atoms with E-state index in [1.54, 1.807) is 11.8 Å². The number of esters is 2. The number of ether oxygens (including phenoxy) is 1. The third-order valence-corrected chi connectivity index (χ3v) is 6.08. The van der Waals surface area contributed by atoms with Gasteiger partial charge in [0.2, 0.25) is 5.91 Å². The average Bonchev–Trinajstić information content (AvgIpc) is 2.75. The monoisotopic (exact) mass is 481 g/mol. The molecule has 0 heterocycles. The first-order valence-electron chi connectivity index (χ1n) is 12.6. The van der Waals surface area contributed by atoms with Crippen molar-refractivity contribution in [1.82, 2.24) is 5.32 Å². The van der Waals surface area contributed by atoms with Gasteiger partial charge >= 0.3 is 41.5 Å². The van der Waals surface area contributed by atoms with Crippen molar-refractivity contribution in [3.8, 4) is 0 Å². The molecule has 0 aromatic heterocycles. The van der Waals surface area contributed by atoms with Gasteiger partial charge in [-0.2, -0.15) is 11.8 Å². The summed E-state index contributed by atoms with van der Waals surface area (Å²) >= 11 is 1.61. The molecule has 184 valence electrons. The van der Waals surface area contributed by atoms with Crippen molar-refractivity contribution >= 4 is 59.2 Å². The molecular formula is C25H48NNaO4S. The molecule has 0 spiro atoms. The van der Waals surface area contributed by atoms with Crippen LogP contribution in [0.3, 0.4) is 0 Å². The zero-order valence-corrected chi connectivity index (χ0v) is 21.2. The molecule has 7 heteroatoms. The molecule has 0 saturated carbocycles. The number of hydrogen-bond acceptors (Lipinski definition) is 5. The minimum atomic E-state index is -0.734. The van der Waals surface area contributed by atoms with Crippen LogP contribution in [0.2, 0.25) is 0 Å². The number of carbonyl (C=O) groups is 3. The molecule has 0 aliphatic rings. The van der Waals surface area contributed by atoms with E-state index in [-0.39, 0.29) is 41.9 Å². The Labute approximate surface area is 223 Å². The number of amides is 1. The number of thioether (sulfide) groups is 1. The normalized spacial score (nSPS) is 11.5. The van der Waals surface area contributed by atoms with E-state index in [4.69, 9.17) is 4.74 Å². The van der Waals surface area contributed by atoms with Gasteiger partial charge in [-0.05, 0) is 31.3 Å². The Balaban J connectivity index is 0. The van der Waals surface area contributed by atoms with Gasteiger partial charge in [0.15, 0.2) is 0 Å². The van der Waals surface area contributed by atoms with Gasteiger partial charge in [0.05, 0.1) is 0 Å². The van der Waals surface area contributed by atoms with Gasteiger partial charge in [-0.1, -0.05) is 90.9 Å². The van der Waals surface area contributed by atoms with E-state index in [0.29, 0.717) is 12.8 Å². The summed E-state index contributed by atoms with van der Waals surface area (Å²) in [5.74, 6) is -0.497. The van der Waals surface area contributed by atoms with Crippen molar-refractivity contribution in [2.24, 2.45) is 0 Å². The van der Waals surface area contributed by atoms with E-state index in [2.05, 4.69) is 19.2 Å². The van der Waals surface area contributed by atoms with Gasteiger partial charge in [0.1, 0.15) is 6.04 Å². The van der Waals surface area contributed by atoms with Crippen LogP contribution >= 0.6 is 11.8 Å². The Kier molecular flexibility index (Phi) is 27.3. The van der Waals surface area contributed by atoms with Crippen molar-refractivity contribution in [3.05, 3.63) is 0 Å². The van der Waals surface area contributed by atoms with Crippen molar-refractivity contribution in [1.29, 1.82) is 0 Å². The van der Waals surface area contributed by atoms with Crippen LogP contribution in [0.15, 0.2) is 0 Å². The quantitative estimate of drug-likeness (QED) is 0.0952. The fourth-order valence-corrected chi connectivity index (χ4v) is 3.93. The predicted octanol–water partition coefficient (Wildman–Crippen LogP) is 5.93. The van der Waals surface area contributed by atoms with Gasteiger partial charge in [-0.3, -0.25) is 9.59 Å². The van der Waals surface area contributed by atoms with Crippen LogP contribution in [0.4, 0.5) is 0 Å². The Morgan fingerprint density at radius 3 is 1.72 bits per heavy atom. The number of nitrogens with one attached hydrogen (secondary N) is 1. The third kappa shape index (κ3) is 21.8. The first-order valence-corrected chi connectivity index (χ1v) is 14.0. The Morgan fingerprint density at radius 2 is 1.22 bits per heavy atom. The first kappa shape index (κ1) is 34.1. The van der Waals surface area contributed by atoms with E-state index in [0.717, 1.165) is 44.3 Å². The summed E-state index contributed by atoms with van der Waals surface area (Å²) in [7, 11) is 0. The van der Waals surface area contributed by atoms with E-state index in [1.807, 2.05) is 6.26 Å². The second-order valence-corrected chi connectivity index (χ2v) is 9.42. The molecule has 1 amide bonds. The third-order valence-electron chi connectivity index (χ3n) is 5.44. The van der Waals surface area contributed by atoms with Gasteiger partial charge in [0, 0.05) is 12.8 Å². The molecule has 0 aromatic carbocycles. The first-order chi connectivity index (χ1) is 15.0. The molecule has 1 atom stereocenters. The molecule has 0 saturated heterocycles. The molecule has 0 aromatic rings. The van der Waals surface area contributed by atoms with Crippen molar-refractivity contribution in [2.45, 2.75) is 129 Å². The molecule has 0 bridgehead atoms. The summed E-state index contributed by atoms with van der Waals surface area (Å²) in [6.07, 6.45) is 18.9. The van der Waals surface area contributed by atoms with Gasteiger partial charge in [-0.15, -0.1) is 0 Å². The summed E-state index contributed by atoms with van der Waals surface area (Å²) in [6.45, 7) is 4.39. The van der Waals surface area contributed by atoms with Crippen LogP contribution in [-0.2, 0) is 19.1 Å². The Hall–Kier alpha value is -0.0400.